The van der Waals surface area contributed by atoms with Crippen molar-refractivity contribution >= 4 is 17.6 Å². The summed E-state index contributed by atoms with van der Waals surface area (Å²) in [6.45, 7) is 0.0821. The predicted molar refractivity (Wildman–Crippen MR) is 85.8 cm³/mol. The van der Waals surface area contributed by atoms with Crippen LogP contribution in [0.3, 0.4) is 0 Å². The predicted octanol–water partition coefficient (Wildman–Crippen LogP) is 1.25. The summed E-state index contributed by atoms with van der Waals surface area (Å²) in [7, 11) is 1.67. The summed E-state index contributed by atoms with van der Waals surface area (Å²) >= 11 is 0. The molecule has 3 atom stereocenters. The highest BCUT2D eigenvalue weighted by Crippen LogP contribution is 2.34. The molecule has 23 heavy (non-hydrogen) atoms. The van der Waals surface area contributed by atoms with Crippen molar-refractivity contribution in [3.05, 3.63) is 30.1 Å². The van der Waals surface area contributed by atoms with Gasteiger partial charge in [0.15, 0.2) is 5.96 Å². The van der Waals surface area contributed by atoms with Crippen LogP contribution >= 0.6 is 0 Å². The number of benzene rings is 1. The van der Waals surface area contributed by atoms with E-state index in [2.05, 4.69) is 20.9 Å². The number of guanidine groups is 1. The zero-order valence-electron chi connectivity index (χ0n) is 13.0. The number of carbonyl (C=O) groups is 1. The van der Waals surface area contributed by atoms with E-state index in [0.717, 1.165) is 19.3 Å². The van der Waals surface area contributed by atoms with Crippen molar-refractivity contribution in [1.82, 2.24) is 10.6 Å². The van der Waals surface area contributed by atoms with Crippen LogP contribution in [0, 0.1) is 5.82 Å². The monoisotopic (exact) mass is 320 g/mol. The number of halogens is 1. The number of aliphatic imine (C=N–C) groups is 1. The van der Waals surface area contributed by atoms with Gasteiger partial charge in [0.05, 0.1) is 24.8 Å². The van der Waals surface area contributed by atoms with Crippen molar-refractivity contribution in [3.8, 4) is 0 Å². The molecule has 1 amide bonds. The molecule has 0 saturated carbocycles. The molecule has 2 fully saturated rings. The fourth-order valence-electron chi connectivity index (χ4n) is 3.06. The molecule has 0 radical (unpaired) electrons. The maximum Gasteiger partial charge on any atom is 0.243 e. The number of fused-ring (bicyclic) bond motifs is 2. The Morgan fingerprint density at radius 3 is 2.74 bits per heavy atom. The molecule has 124 valence electrons. The molecule has 2 heterocycles. The first kappa shape index (κ1) is 15.7. The zero-order valence-corrected chi connectivity index (χ0v) is 13.0. The van der Waals surface area contributed by atoms with E-state index in [1.54, 1.807) is 7.05 Å². The van der Waals surface area contributed by atoms with E-state index in [1.807, 2.05) is 0 Å². The minimum absolute atomic E-state index is 0.0821. The second-order valence-electron chi connectivity index (χ2n) is 5.84. The molecule has 3 unspecified atom stereocenters. The molecule has 0 aliphatic carbocycles. The van der Waals surface area contributed by atoms with Crippen LogP contribution in [0.4, 0.5) is 10.1 Å². The average molecular weight is 320 g/mol. The Bertz CT molecular complexity index is 590. The number of hydrogen-bond acceptors (Lipinski definition) is 3. The quantitative estimate of drug-likeness (QED) is 0.576. The minimum atomic E-state index is -0.334. The topological polar surface area (TPSA) is 74.8 Å². The molecule has 2 aliphatic heterocycles. The van der Waals surface area contributed by atoms with Gasteiger partial charge < -0.3 is 20.7 Å². The van der Waals surface area contributed by atoms with E-state index in [0.29, 0.717) is 17.8 Å². The second kappa shape index (κ2) is 6.95. The zero-order chi connectivity index (χ0) is 16.2. The number of carbonyl (C=O) groups excluding carboxylic acids is 1. The lowest BCUT2D eigenvalue weighted by molar-refractivity contribution is -0.115. The molecule has 2 saturated heterocycles. The Morgan fingerprint density at radius 2 is 2.13 bits per heavy atom. The fraction of sp³-hybridized carbons (Fsp3) is 0.500. The largest absolute Gasteiger partial charge is 0.373 e. The fourth-order valence-corrected chi connectivity index (χ4v) is 3.06. The van der Waals surface area contributed by atoms with Gasteiger partial charge in [0.2, 0.25) is 5.91 Å². The molecule has 2 aliphatic rings. The summed E-state index contributed by atoms with van der Waals surface area (Å²) in [6, 6.07) is 5.90. The van der Waals surface area contributed by atoms with Gasteiger partial charge in [-0.15, -0.1) is 0 Å². The molecule has 1 aromatic rings. The van der Waals surface area contributed by atoms with Gasteiger partial charge >= 0.3 is 0 Å². The SMILES string of the molecule is CN=C(NCC(=O)Nc1ccc(F)cc1)NC1CC2CCC1O2. The molecule has 0 spiro atoms. The van der Waals surface area contributed by atoms with Crippen molar-refractivity contribution in [2.24, 2.45) is 4.99 Å². The lowest BCUT2D eigenvalue weighted by Crippen LogP contribution is -2.49. The van der Waals surface area contributed by atoms with Gasteiger partial charge in [-0.1, -0.05) is 0 Å². The van der Waals surface area contributed by atoms with Crippen molar-refractivity contribution in [3.63, 3.8) is 0 Å². The van der Waals surface area contributed by atoms with Gasteiger partial charge in [-0.2, -0.15) is 0 Å². The number of anilines is 1. The Morgan fingerprint density at radius 1 is 1.35 bits per heavy atom. The number of ether oxygens (including phenoxy) is 1. The van der Waals surface area contributed by atoms with Crippen LogP contribution in [0.5, 0.6) is 0 Å². The molecule has 6 nitrogen and oxygen atoms in total. The van der Waals surface area contributed by atoms with E-state index in [1.165, 1.54) is 24.3 Å². The van der Waals surface area contributed by atoms with Gasteiger partial charge in [-0.05, 0) is 43.5 Å². The van der Waals surface area contributed by atoms with E-state index in [4.69, 9.17) is 4.74 Å². The minimum Gasteiger partial charge on any atom is -0.373 e. The van der Waals surface area contributed by atoms with Crippen molar-refractivity contribution in [2.45, 2.75) is 37.5 Å². The molecule has 7 heteroatoms. The average Bonchev–Trinajstić information content (AvgIpc) is 3.16. The van der Waals surface area contributed by atoms with Crippen LogP contribution < -0.4 is 16.0 Å². The molecular formula is C16H21FN4O2. The highest BCUT2D eigenvalue weighted by molar-refractivity contribution is 5.95. The first-order chi connectivity index (χ1) is 11.1. The first-order valence-corrected chi connectivity index (χ1v) is 7.82. The maximum atomic E-state index is 12.8. The van der Waals surface area contributed by atoms with Crippen LogP contribution in [0.2, 0.25) is 0 Å². The number of amides is 1. The number of hydrogen-bond donors (Lipinski definition) is 3. The van der Waals surface area contributed by atoms with Gasteiger partial charge in [-0.25, -0.2) is 4.39 Å². The van der Waals surface area contributed by atoms with Crippen LogP contribution in [0.25, 0.3) is 0 Å². The lowest BCUT2D eigenvalue weighted by Gasteiger charge is -2.22. The van der Waals surface area contributed by atoms with Crippen LogP contribution in [-0.2, 0) is 9.53 Å². The summed E-state index contributed by atoms with van der Waals surface area (Å²) in [5, 5.41) is 8.99. The van der Waals surface area contributed by atoms with E-state index < -0.39 is 0 Å². The van der Waals surface area contributed by atoms with Crippen molar-refractivity contribution < 1.29 is 13.9 Å². The summed E-state index contributed by atoms with van der Waals surface area (Å²) in [6.07, 6.45) is 3.79. The first-order valence-electron chi connectivity index (χ1n) is 7.82. The molecule has 2 bridgehead atoms. The molecule has 3 rings (SSSR count). The number of rotatable bonds is 4. The lowest BCUT2D eigenvalue weighted by atomic mass is 9.96. The number of nitrogens with zero attached hydrogens (tertiary/aromatic N) is 1. The van der Waals surface area contributed by atoms with Crippen molar-refractivity contribution in [2.75, 3.05) is 18.9 Å². The molecule has 0 aromatic heterocycles. The maximum absolute atomic E-state index is 12.8. The summed E-state index contributed by atoms with van der Waals surface area (Å²) in [5.74, 6) is 0.0305. The third-order valence-electron chi connectivity index (χ3n) is 4.20. The molecular weight excluding hydrogens is 299 g/mol. The third kappa shape index (κ3) is 3.98. The van der Waals surface area contributed by atoms with Gasteiger partial charge in [-0.3, -0.25) is 9.79 Å². The van der Waals surface area contributed by atoms with Gasteiger partial charge in [0, 0.05) is 12.7 Å². The third-order valence-corrected chi connectivity index (χ3v) is 4.20. The van der Waals surface area contributed by atoms with Crippen LogP contribution in [-0.4, -0.2) is 43.7 Å². The Kier molecular flexibility index (Phi) is 4.76. The molecule has 1 aromatic carbocycles. The number of nitrogens with one attached hydrogen (secondary N) is 3. The summed E-state index contributed by atoms with van der Waals surface area (Å²) in [5.41, 5.74) is 0.558. The molecule has 3 N–H and O–H groups in total. The van der Waals surface area contributed by atoms with Gasteiger partial charge in [0.25, 0.3) is 0 Å². The standard InChI is InChI=1S/C16H21FN4O2/c1-18-16(21-13-8-12-6-7-14(13)23-12)19-9-15(22)20-11-4-2-10(17)3-5-11/h2-5,12-14H,6-9H2,1H3,(H,20,22)(H2,18,19,21). The normalized spacial score (nSPS) is 26.2. The Hall–Kier alpha value is -2.15. The Balaban J connectivity index is 1.44. The van der Waals surface area contributed by atoms with Crippen LogP contribution in [0.15, 0.2) is 29.3 Å². The summed E-state index contributed by atoms with van der Waals surface area (Å²) < 4.78 is 18.6. The Labute approximate surface area is 134 Å². The smallest absolute Gasteiger partial charge is 0.243 e. The highest BCUT2D eigenvalue weighted by Gasteiger charge is 2.41. The van der Waals surface area contributed by atoms with E-state index in [9.17, 15) is 9.18 Å². The van der Waals surface area contributed by atoms with Crippen molar-refractivity contribution in [1.29, 1.82) is 0 Å². The van der Waals surface area contributed by atoms with E-state index >= 15 is 0 Å². The van der Waals surface area contributed by atoms with E-state index in [-0.39, 0.29) is 30.4 Å². The highest BCUT2D eigenvalue weighted by atomic mass is 19.1. The summed E-state index contributed by atoms with van der Waals surface area (Å²) in [4.78, 5) is 16.0. The van der Waals surface area contributed by atoms with Crippen LogP contribution in [0.1, 0.15) is 19.3 Å². The second-order valence-corrected chi connectivity index (χ2v) is 5.84. The van der Waals surface area contributed by atoms with Gasteiger partial charge in [0.1, 0.15) is 5.82 Å².